The van der Waals surface area contributed by atoms with Crippen molar-refractivity contribution in [2.45, 2.75) is 38.7 Å². The number of benzene rings is 1. The number of alkyl halides is 3. The van der Waals surface area contributed by atoms with Crippen LogP contribution in [0.4, 0.5) is 18.0 Å². The first kappa shape index (κ1) is 19.3. The predicted octanol–water partition coefficient (Wildman–Crippen LogP) is 2.98. The summed E-state index contributed by atoms with van der Waals surface area (Å²) in [6.07, 6.45) is -3.32. The zero-order valence-corrected chi connectivity index (χ0v) is 15.4. The van der Waals surface area contributed by atoms with Crippen LogP contribution in [-0.4, -0.2) is 49.8 Å². The minimum Gasteiger partial charge on any atom is -0.476 e. The molecule has 29 heavy (non-hydrogen) atoms. The van der Waals surface area contributed by atoms with Crippen molar-refractivity contribution in [3.8, 4) is 0 Å². The summed E-state index contributed by atoms with van der Waals surface area (Å²) in [6.45, 7) is 1.73. The van der Waals surface area contributed by atoms with Crippen LogP contribution >= 0.6 is 0 Å². The number of fused-ring (bicyclic) bond motifs is 2. The van der Waals surface area contributed by atoms with Crippen LogP contribution in [-0.2, 0) is 32.2 Å². The number of nitrogens with zero attached hydrogens (tertiary/aromatic N) is 4. The number of carbonyl (C=O) groups excluding carboxylic acids is 1. The second-order valence-electron chi connectivity index (χ2n) is 7.26. The van der Waals surface area contributed by atoms with Crippen LogP contribution in [0.2, 0.25) is 0 Å². The van der Waals surface area contributed by atoms with Crippen LogP contribution in [0.25, 0.3) is 0 Å². The van der Waals surface area contributed by atoms with Crippen molar-refractivity contribution in [2.24, 2.45) is 0 Å². The Morgan fingerprint density at radius 2 is 1.76 bits per heavy atom. The second-order valence-corrected chi connectivity index (χ2v) is 7.26. The summed E-state index contributed by atoms with van der Waals surface area (Å²) >= 11 is 0. The Morgan fingerprint density at radius 3 is 2.48 bits per heavy atom. The fraction of sp³-hybridized carbons (Fsp3) is 0.421. The largest absolute Gasteiger partial charge is 0.476 e. The fourth-order valence-corrected chi connectivity index (χ4v) is 3.83. The zero-order chi connectivity index (χ0) is 20.8. The molecule has 2 amide bonds. The van der Waals surface area contributed by atoms with Gasteiger partial charge in [-0.1, -0.05) is 6.07 Å². The van der Waals surface area contributed by atoms with Gasteiger partial charge >= 0.3 is 18.2 Å². The third kappa shape index (κ3) is 3.79. The van der Waals surface area contributed by atoms with Gasteiger partial charge in [0.15, 0.2) is 5.69 Å². The molecule has 10 heteroatoms. The maximum Gasteiger partial charge on any atom is 0.416 e. The molecule has 0 spiro atoms. The number of hydrogen-bond donors (Lipinski definition) is 1. The van der Waals surface area contributed by atoms with Crippen molar-refractivity contribution in [1.29, 1.82) is 0 Å². The first-order chi connectivity index (χ1) is 13.7. The number of halogens is 3. The predicted molar refractivity (Wildman–Crippen MR) is 95.2 cm³/mol. The molecule has 4 rings (SSSR count). The molecular formula is C19H19F3N4O3. The average Bonchev–Trinajstić information content (AvgIpc) is 2.98. The Kier molecular flexibility index (Phi) is 4.71. The maximum atomic E-state index is 13.0. The van der Waals surface area contributed by atoms with Crippen LogP contribution in [0.15, 0.2) is 24.3 Å². The average molecular weight is 408 g/mol. The van der Waals surface area contributed by atoms with Crippen molar-refractivity contribution in [2.75, 3.05) is 13.1 Å². The molecular weight excluding hydrogens is 389 g/mol. The summed E-state index contributed by atoms with van der Waals surface area (Å²) < 4.78 is 40.6. The number of hydrogen-bond acceptors (Lipinski definition) is 3. The van der Waals surface area contributed by atoms with E-state index in [-0.39, 0.29) is 24.8 Å². The van der Waals surface area contributed by atoms with Crippen molar-refractivity contribution < 1.29 is 27.9 Å². The van der Waals surface area contributed by atoms with Crippen molar-refractivity contribution >= 4 is 12.0 Å². The molecule has 0 saturated carbocycles. The molecule has 2 aliphatic rings. The first-order valence-electron chi connectivity index (χ1n) is 9.25. The van der Waals surface area contributed by atoms with Crippen LogP contribution in [0.3, 0.4) is 0 Å². The number of carboxylic acids is 1. The SMILES string of the molecule is O=C(O)c1cc2n(n1)CCCN(C(=O)N1CCc3ccc(C(F)(F)F)cc3C1)C2. The summed E-state index contributed by atoms with van der Waals surface area (Å²) in [5, 5.41) is 13.1. The van der Waals surface area contributed by atoms with E-state index in [2.05, 4.69) is 5.10 Å². The van der Waals surface area contributed by atoms with E-state index >= 15 is 0 Å². The van der Waals surface area contributed by atoms with E-state index in [4.69, 9.17) is 5.11 Å². The van der Waals surface area contributed by atoms with E-state index < -0.39 is 17.7 Å². The highest BCUT2D eigenvalue weighted by Crippen LogP contribution is 2.32. The van der Waals surface area contributed by atoms with E-state index in [0.29, 0.717) is 43.7 Å². The topological polar surface area (TPSA) is 78.7 Å². The molecule has 0 radical (unpaired) electrons. The fourth-order valence-electron chi connectivity index (χ4n) is 3.83. The lowest BCUT2D eigenvalue weighted by Crippen LogP contribution is -2.45. The van der Waals surface area contributed by atoms with E-state index in [9.17, 15) is 22.8 Å². The molecule has 154 valence electrons. The van der Waals surface area contributed by atoms with Gasteiger partial charge in [0.2, 0.25) is 0 Å². The molecule has 0 saturated heterocycles. The standard InChI is InChI=1S/C19H19F3N4O3/c20-19(21,22)14-3-2-12-4-7-25(10-13(12)8-14)18(29)24-5-1-6-26-15(11-24)9-16(23-26)17(27)28/h2-3,8-9H,1,4-7,10-11H2,(H,27,28). The van der Waals surface area contributed by atoms with Crippen molar-refractivity contribution in [3.05, 3.63) is 52.3 Å². The number of amides is 2. The van der Waals surface area contributed by atoms with Gasteiger partial charge in [0.05, 0.1) is 17.8 Å². The number of urea groups is 1. The summed E-state index contributed by atoms with van der Waals surface area (Å²) in [4.78, 5) is 27.3. The normalized spacial score (nSPS) is 16.8. The molecule has 3 heterocycles. The van der Waals surface area contributed by atoms with Gasteiger partial charge in [0, 0.05) is 26.2 Å². The minimum absolute atomic E-state index is 0.0686. The Hall–Kier alpha value is -3.04. The van der Waals surface area contributed by atoms with Gasteiger partial charge in [-0.05, 0) is 42.2 Å². The van der Waals surface area contributed by atoms with Gasteiger partial charge in [-0.3, -0.25) is 4.68 Å². The molecule has 1 N–H and O–H groups in total. The highest BCUT2D eigenvalue weighted by molar-refractivity contribution is 5.85. The van der Waals surface area contributed by atoms with E-state index in [1.807, 2.05) is 0 Å². The smallest absolute Gasteiger partial charge is 0.416 e. The number of carbonyl (C=O) groups is 2. The first-order valence-corrected chi connectivity index (χ1v) is 9.25. The molecule has 1 aromatic heterocycles. The Balaban J connectivity index is 1.52. The third-order valence-electron chi connectivity index (χ3n) is 5.32. The summed E-state index contributed by atoms with van der Waals surface area (Å²) in [5.74, 6) is -1.13. The number of carboxylic acid groups (broad SMARTS) is 1. The van der Waals surface area contributed by atoms with Gasteiger partial charge < -0.3 is 14.9 Å². The molecule has 0 aliphatic carbocycles. The highest BCUT2D eigenvalue weighted by Gasteiger charge is 2.33. The lowest BCUT2D eigenvalue weighted by Gasteiger charge is -2.33. The molecule has 2 aliphatic heterocycles. The molecule has 0 bridgehead atoms. The van der Waals surface area contributed by atoms with Gasteiger partial charge in [0.1, 0.15) is 0 Å². The number of aromatic nitrogens is 2. The van der Waals surface area contributed by atoms with Gasteiger partial charge in [-0.15, -0.1) is 0 Å². The van der Waals surface area contributed by atoms with Crippen molar-refractivity contribution in [3.63, 3.8) is 0 Å². The summed E-state index contributed by atoms with van der Waals surface area (Å²) in [5.41, 5.74) is 1.17. The Labute approximate surface area is 164 Å². The summed E-state index contributed by atoms with van der Waals surface area (Å²) in [7, 11) is 0. The lowest BCUT2D eigenvalue weighted by atomic mass is 9.97. The Bertz CT molecular complexity index is 970. The maximum absolute atomic E-state index is 13.0. The van der Waals surface area contributed by atoms with Crippen LogP contribution in [0.1, 0.15) is 39.3 Å². The number of aryl methyl sites for hydroxylation is 1. The van der Waals surface area contributed by atoms with Crippen molar-refractivity contribution in [1.82, 2.24) is 19.6 Å². The van der Waals surface area contributed by atoms with Gasteiger partial charge in [-0.25, -0.2) is 9.59 Å². The second kappa shape index (κ2) is 7.09. The van der Waals surface area contributed by atoms with E-state index in [0.717, 1.165) is 17.7 Å². The monoisotopic (exact) mass is 408 g/mol. The van der Waals surface area contributed by atoms with Crippen LogP contribution in [0, 0.1) is 0 Å². The molecule has 1 aromatic carbocycles. The van der Waals surface area contributed by atoms with Gasteiger partial charge in [0.25, 0.3) is 0 Å². The lowest BCUT2D eigenvalue weighted by molar-refractivity contribution is -0.137. The van der Waals surface area contributed by atoms with Crippen LogP contribution in [0.5, 0.6) is 0 Å². The molecule has 7 nitrogen and oxygen atoms in total. The number of rotatable bonds is 1. The van der Waals surface area contributed by atoms with Gasteiger partial charge in [-0.2, -0.15) is 18.3 Å². The minimum atomic E-state index is -4.42. The highest BCUT2D eigenvalue weighted by atomic mass is 19.4. The van der Waals surface area contributed by atoms with Crippen LogP contribution < -0.4 is 0 Å². The number of aromatic carboxylic acids is 1. The van der Waals surface area contributed by atoms with E-state index in [1.54, 1.807) is 14.5 Å². The Morgan fingerprint density at radius 1 is 1.00 bits per heavy atom. The molecule has 2 aromatic rings. The molecule has 0 fully saturated rings. The molecule has 0 unspecified atom stereocenters. The van der Waals surface area contributed by atoms with E-state index in [1.165, 1.54) is 12.1 Å². The zero-order valence-electron chi connectivity index (χ0n) is 15.4. The quantitative estimate of drug-likeness (QED) is 0.787. The summed E-state index contributed by atoms with van der Waals surface area (Å²) in [6, 6.07) is 4.87. The molecule has 0 atom stereocenters. The third-order valence-corrected chi connectivity index (χ3v) is 5.32.